The number of nitrogens with zero attached hydrogens (tertiary/aromatic N) is 1. The lowest BCUT2D eigenvalue weighted by Crippen LogP contribution is -2.12. The SMILES string of the molecule is N#Cc1cccc(NC(=O)c2cccc3cc[nH]c23)c1. The third kappa shape index (κ3) is 2.13. The van der Waals surface area contributed by atoms with Crippen LogP contribution in [0, 0.1) is 11.3 Å². The molecule has 0 aliphatic rings. The molecule has 0 fully saturated rings. The molecule has 1 aromatic heterocycles. The van der Waals surface area contributed by atoms with Crippen molar-refractivity contribution in [1.82, 2.24) is 4.98 Å². The van der Waals surface area contributed by atoms with Crippen LogP contribution in [-0.2, 0) is 0 Å². The summed E-state index contributed by atoms with van der Waals surface area (Å²) in [6.45, 7) is 0. The Morgan fingerprint density at radius 2 is 2.00 bits per heavy atom. The number of carbonyl (C=O) groups excluding carboxylic acids is 1. The number of H-pyrrole nitrogens is 1. The van der Waals surface area contributed by atoms with Gasteiger partial charge in [0.25, 0.3) is 5.91 Å². The van der Waals surface area contributed by atoms with E-state index in [9.17, 15) is 4.79 Å². The number of amides is 1. The second kappa shape index (κ2) is 4.90. The number of para-hydroxylation sites is 1. The molecule has 0 saturated heterocycles. The lowest BCUT2D eigenvalue weighted by atomic mass is 10.1. The summed E-state index contributed by atoms with van der Waals surface area (Å²) in [5, 5.41) is 12.7. The average molecular weight is 261 g/mol. The quantitative estimate of drug-likeness (QED) is 0.743. The van der Waals surface area contributed by atoms with E-state index in [4.69, 9.17) is 5.26 Å². The minimum Gasteiger partial charge on any atom is -0.361 e. The summed E-state index contributed by atoms with van der Waals surface area (Å²) in [6, 6.07) is 16.4. The highest BCUT2D eigenvalue weighted by atomic mass is 16.1. The highest BCUT2D eigenvalue weighted by molar-refractivity contribution is 6.12. The zero-order chi connectivity index (χ0) is 13.9. The molecule has 0 aliphatic heterocycles. The molecule has 0 atom stereocenters. The Kier molecular flexibility index (Phi) is 2.94. The third-order valence-electron chi connectivity index (χ3n) is 3.08. The molecule has 3 aromatic rings. The molecular formula is C16H11N3O. The largest absolute Gasteiger partial charge is 0.361 e. The van der Waals surface area contributed by atoms with Crippen LogP contribution in [0.1, 0.15) is 15.9 Å². The van der Waals surface area contributed by atoms with Gasteiger partial charge in [0.2, 0.25) is 0 Å². The van der Waals surface area contributed by atoms with E-state index >= 15 is 0 Å². The van der Waals surface area contributed by atoms with Gasteiger partial charge in [0.15, 0.2) is 0 Å². The molecule has 0 aliphatic carbocycles. The van der Waals surface area contributed by atoms with Gasteiger partial charge in [-0.2, -0.15) is 5.26 Å². The van der Waals surface area contributed by atoms with Crippen LogP contribution in [0.15, 0.2) is 54.7 Å². The number of carbonyl (C=O) groups is 1. The number of aromatic amines is 1. The van der Waals surface area contributed by atoms with E-state index in [2.05, 4.69) is 10.3 Å². The first kappa shape index (κ1) is 12.0. The van der Waals surface area contributed by atoms with Crippen molar-refractivity contribution in [3.8, 4) is 6.07 Å². The molecule has 1 heterocycles. The van der Waals surface area contributed by atoms with Gasteiger partial charge in [0.1, 0.15) is 0 Å². The third-order valence-corrected chi connectivity index (χ3v) is 3.08. The maximum atomic E-state index is 12.3. The van der Waals surface area contributed by atoms with Gasteiger partial charge in [-0.05, 0) is 30.3 Å². The standard InChI is InChI=1S/C16H11N3O/c17-10-11-3-1-5-13(9-11)19-16(20)14-6-2-4-12-7-8-18-15(12)14/h1-9,18H,(H,19,20). The summed E-state index contributed by atoms with van der Waals surface area (Å²) >= 11 is 0. The number of nitrogens with one attached hydrogen (secondary N) is 2. The number of aromatic nitrogens is 1. The van der Waals surface area contributed by atoms with Crippen molar-refractivity contribution in [3.63, 3.8) is 0 Å². The van der Waals surface area contributed by atoms with E-state index in [1.54, 1.807) is 36.5 Å². The zero-order valence-electron chi connectivity index (χ0n) is 10.6. The molecule has 0 radical (unpaired) electrons. The van der Waals surface area contributed by atoms with Crippen molar-refractivity contribution in [2.75, 3.05) is 5.32 Å². The highest BCUT2D eigenvalue weighted by Crippen LogP contribution is 2.19. The minimum atomic E-state index is -0.201. The number of rotatable bonds is 2. The van der Waals surface area contributed by atoms with Crippen molar-refractivity contribution >= 4 is 22.5 Å². The highest BCUT2D eigenvalue weighted by Gasteiger charge is 2.10. The van der Waals surface area contributed by atoms with Gasteiger partial charge in [-0.1, -0.05) is 18.2 Å². The summed E-state index contributed by atoms with van der Waals surface area (Å²) < 4.78 is 0. The predicted molar refractivity (Wildman–Crippen MR) is 77.4 cm³/mol. The van der Waals surface area contributed by atoms with Crippen LogP contribution in [0.2, 0.25) is 0 Å². The fourth-order valence-corrected chi connectivity index (χ4v) is 2.14. The molecule has 0 spiro atoms. The summed E-state index contributed by atoms with van der Waals surface area (Å²) in [4.78, 5) is 15.4. The topological polar surface area (TPSA) is 68.7 Å². The first-order valence-electron chi connectivity index (χ1n) is 6.15. The molecule has 0 saturated carbocycles. The van der Waals surface area contributed by atoms with Gasteiger partial charge in [-0.25, -0.2) is 0 Å². The molecule has 0 bridgehead atoms. The van der Waals surface area contributed by atoms with Crippen LogP contribution < -0.4 is 5.32 Å². The Hall–Kier alpha value is -3.06. The Bertz CT molecular complexity index is 827. The first-order chi connectivity index (χ1) is 9.78. The number of fused-ring (bicyclic) bond motifs is 1. The lowest BCUT2D eigenvalue weighted by molar-refractivity contribution is 0.102. The van der Waals surface area contributed by atoms with Gasteiger partial charge < -0.3 is 10.3 Å². The van der Waals surface area contributed by atoms with Crippen LogP contribution in [0.3, 0.4) is 0 Å². The Morgan fingerprint density at radius 1 is 1.15 bits per heavy atom. The number of hydrogen-bond acceptors (Lipinski definition) is 2. The molecule has 2 N–H and O–H groups in total. The summed E-state index contributed by atoms with van der Waals surface area (Å²) in [5.74, 6) is -0.201. The van der Waals surface area contributed by atoms with Crippen molar-refractivity contribution in [1.29, 1.82) is 5.26 Å². The number of hydrogen-bond donors (Lipinski definition) is 2. The summed E-state index contributed by atoms with van der Waals surface area (Å²) in [7, 11) is 0. The predicted octanol–water partition coefficient (Wildman–Crippen LogP) is 3.29. The van der Waals surface area contributed by atoms with Crippen molar-refractivity contribution in [2.24, 2.45) is 0 Å². The fourth-order valence-electron chi connectivity index (χ4n) is 2.14. The molecule has 3 rings (SSSR count). The summed E-state index contributed by atoms with van der Waals surface area (Å²) in [6.07, 6.45) is 1.80. The monoisotopic (exact) mass is 261 g/mol. The zero-order valence-corrected chi connectivity index (χ0v) is 10.6. The van der Waals surface area contributed by atoms with E-state index in [1.165, 1.54) is 0 Å². The maximum Gasteiger partial charge on any atom is 0.257 e. The van der Waals surface area contributed by atoms with Gasteiger partial charge in [-0.3, -0.25) is 4.79 Å². The molecular weight excluding hydrogens is 250 g/mol. The second-order valence-electron chi connectivity index (χ2n) is 4.39. The Balaban J connectivity index is 1.93. The van der Waals surface area contributed by atoms with E-state index in [-0.39, 0.29) is 5.91 Å². The van der Waals surface area contributed by atoms with Crippen LogP contribution in [0.25, 0.3) is 10.9 Å². The lowest BCUT2D eigenvalue weighted by Gasteiger charge is -2.06. The van der Waals surface area contributed by atoms with Gasteiger partial charge in [0, 0.05) is 17.3 Å². The van der Waals surface area contributed by atoms with Gasteiger partial charge in [-0.15, -0.1) is 0 Å². The van der Waals surface area contributed by atoms with Crippen molar-refractivity contribution in [2.45, 2.75) is 0 Å². The maximum absolute atomic E-state index is 12.3. The van der Waals surface area contributed by atoms with E-state index in [1.807, 2.05) is 24.3 Å². The Labute approximate surface area is 115 Å². The smallest absolute Gasteiger partial charge is 0.257 e. The van der Waals surface area contributed by atoms with Crippen LogP contribution in [0.4, 0.5) is 5.69 Å². The van der Waals surface area contributed by atoms with E-state index in [0.717, 1.165) is 10.9 Å². The molecule has 96 valence electrons. The first-order valence-corrected chi connectivity index (χ1v) is 6.15. The summed E-state index contributed by atoms with van der Waals surface area (Å²) in [5.41, 5.74) is 2.51. The van der Waals surface area contributed by atoms with Crippen LogP contribution in [-0.4, -0.2) is 10.9 Å². The molecule has 2 aromatic carbocycles. The molecule has 4 heteroatoms. The molecule has 1 amide bonds. The molecule has 4 nitrogen and oxygen atoms in total. The Morgan fingerprint density at radius 3 is 2.85 bits per heavy atom. The average Bonchev–Trinajstić information content (AvgIpc) is 2.95. The minimum absolute atomic E-state index is 0.201. The normalized spacial score (nSPS) is 10.2. The number of nitriles is 1. The van der Waals surface area contributed by atoms with Gasteiger partial charge in [0.05, 0.1) is 22.7 Å². The van der Waals surface area contributed by atoms with Crippen LogP contribution >= 0.6 is 0 Å². The second-order valence-corrected chi connectivity index (χ2v) is 4.39. The van der Waals surface area contributed by atoms with E-state index < -0.39 is 0 Å². The fraction of sp³-hybridized carbons (Fsp3) is 0. The number of benzene rings is 2. The van der Waals surface area contributed by atoms with Crippen molar-refractivity contribution in [3.05, 3.63) is 65.9 Å². The number of anilines is 1. The van der Waals surface area contributed by atoms with Gasteiger partial charge >= 0.3 is 0 Å². The van der Waals surface area contributed by atoms with Crippen molar-refractivity contribution < 1.29 is 4.79 Å². The molecule has 0 unspecified atom stereocenters. The van der Waals surface area contributed by atoms with E-state index in [0.29, 0.717) is 16.8 Å². The van der Waals surface area contributed by atoms with Crippen LogP contribution in [0.5, 0.6) is 0 Å². The molecule has 20 heavy (non-hydrogen) atoms.